The van der Waals surface area contributed by atoms with Crippen LogP contribution < -0.4 is 10.6 Å². The fourth-order valence-corrected chi connectivity index (χ4v) is 2.54. The molecule has 0 radical (unpaired) electrons. The maximum Gasteiger partial charge on any atom is 0.249 e. The van der Waals surface area contributed by atoms with E-state index in [9.17, 15) is 14.0 Å². The summed E-state index contributed by atoms with van der Waals surface area (Å²) in [5.74, 6) is -1.17. The first kappa shape index (κ1) is 18.4. The van der Waals surface area contributed by atoms with Crippen LogP contribution in [0.25, 0.3) is 0 Å². The number of anilines is 1. The third-order valence-corrected chi connectivity index (χ3v) is 3.91. The quantitative estimate of drug-likeness (QED) is 0.908. The van der Waals surface area contributed by atoms with Crippen LogP contribution in [0.4, 0.5) is 10.1 Å². The molecule has 1 fully saturated rings. The van der Waals surface area contributed by atoms with E-state index in [4.69, 9.17) is 5.73 Å². The summed E-state index contributed by atoms with van der Waals surface area (Å²) < 4.78 is 13.8. The summed E-state index contributed by atoms with van der Waals surface area (Å²) in [5.41, 5.74) is 5.75. The van der Waals surface area contributed by atoms with Gasteiger partial charge in [0.25, 0.3) is 0 Å². The predicted molar refractivity (Wildman–Crippen MR) is 85.4 cm³/mol. The number of nitrogens with two attached hydrogens (primary N) is 1. The maximum absolute atomic E-state index is 13.8. The molecule has 1 saturated heterocycles. The van der Waals surface area contributed by atoms with E-state index >= 15 is 0 Å². The van der Waals surface area contributed by atoms with Gasteiger partial charge in [0.1, 0.15) is 11.9 Å². The number of para-hydroxylation sites is 1. The third kappa shape index (κ3) is 3.39. The summed E-state index contributed by atoms with van der Waals surface area (Å²) in [4.78, 5) is 27.4. The number of nitrogens with zero attached hydrogens (tertiary/aromatic N) is 2. The zero-order chi connectivity index (χ0) is 15.6. The average molecular weight is 330 g/mol. The maximum atomic E-state index is 13.8. The number of benzene rings is 1. The minimum atomic E-state index is -0.550. The van der Waals surface area contributed by atoms with E-state index in [1.807, 2.05) is 0 Å². The molecule has 0 aromatic heterocycles. The SMILES string of the molecule is CC(CN)C(=O)N(C)C1CCN(c2ccccc2F)C1=O.Cl. The molecule has 2 amide bonds. The summed E-state index contributed by atoms with van der Waals surface area (Å²) in [5, 5.41) is 0. The molecule has 7 heteroatoms. The molecule has 1 aromatic carbocycles. The van der Waals surface area contributed by atoms with E-state index in [0.717, 1.165) is 0 Å². The van der Waals surface area contributed by atoms with Gasteiger partial charge >= 0.3 is 0 Å². The van der Waals surface area contributed by atoms with E-state index in [-0.39, 0.29) is 42.4 Å². The van der Waals surface area contributed by atoms with Gasteiger partial charge in [-0.15, -0.1) is 12.4 Å². The molecule has 0 saturated carbocycles. The van der Waals surface area contributed by atoms with Crippen molar-refractivity contribution < 1.29 is 14.0 Å². The highest BCUT2D eigenvalue weighted by Crippen LogP contribution is 2.26. The molecule has 1 heterocycles. The topological polar surface area (TPSA) is 66.6 Å². The van der Waals surface area contributed by atoms with Crippen LogP contribution in [0.15, 0.2) is 24.3 Å². The molecule has 2 unspecified atom stereocenters. The minimum absolute atomic E-state index is 0. The lowest BCUT2D eigenvalue weighted by Gasteiger charge is -2.26. The zero-order valence-corrected chi connectivity index (χ0v) is 13.5. The second-order valence-corrected chi connectivity index (χ2v) is 5.33. The van der Waals surface area contributed by atoms with Gasteiger partial charge in [-0.1, -0.05) is 19.1 Å². The highest BCUT2D eigenvalue weighted by Gasteiger charge is 2.38. The molecule has 5 nitrogen and oxygen atoms in total. The Morgan fingerprint density at radius 3 is 2.73 bits per heavy atom. The summed E-state index contributed by atoms with van der Waals surface area (Å²) in [6.07, 6.45) is 0.493. The standard InChI is InChI=1S/C15H20FN3O2.ClH/c1-10(9-17)14(20)18(2)13-7-8-19(15(13)21)12-6-4-3-5-11(12)16;/h3-6,10,13H,7-9,17H2,1-2H3;1H. The highest BCUT2D eigenvalue weighted by molar-refractivity contribution is 6.01. The van der Waals surface area contributed by atoms with Crippen molar-refractivity contribution in [1.82, 2.24) is 4.90 Å². The Bertz CT molecular complexity index is 555. The number of likely N-dealkylation sites (N-methyl/N-ethyl adjacent to an activating group) is 1. The Morgan fingerprint density at radius 2 is 2.14 bits per heavy atom. The van der Waals surface area contributed by atoms with Crippen LogP contribution in [-0.4, -0.2) is 42.9 Å². The van der Waals surface area contributed by atoms with Crippen molar-refractivity contribution in [2.75, 3.05) is 25.0 Å². The van der Waals surface area contributed by atoms with Crippen LogP contribution in [0.3, 0.4) is 0 Å². The molecule has 2 atom stereocenters. The summed E-state index contributed by atoms with van der Waals surface area (Å²) in [6, 6.07) is 5.60. The first-order valence-electron chi connectivity index (χ1n) is 7.00. The number of carbonyl (C=O) groups excluding carboxylic acids is 2. The number of carbonyl (C=O) groups is 2. The molecule has 1 aliphatic heterocycles. The first-order valence-corrected chi connectivity index (χ1v) is 7.00. The van der Waals surface area contributed by atoms with Crippen molar-refractivity contribution in [3.63, 3.8) is 0 Å². The summed E-state index contributed by atoms with van der Waals surface area (Å²) >= 11 is 0. The molecule has 2 N–H and O–H groups in total. The highest BCUT2D eigenvalue weighted by atomic mass is 35.5. The molecule has 1 aliphatic rings. The van der Waals surface area contributed by atoms with Gasteiger partial charge in [0, 0.05) is 26.1 Å². The summed E-state index contributed by atoms with van der Waals surface area (Å²) in [6.45, 7) is 2.37. The normalized spacial score (nSPS) is 18.8. The van der Waals surface area contributed by atoms with Gasteiger partial charge in [-0.2, -0.15) is 0 Å². The van der Waals surface area contributed by atoms with Gasteiger partial charge in [0.2, 0.25) is 11.8 Å². The lowest BCUT2D eigenvalue weighted by atomic mass is 10.1. The van der Waals surface area contributed by atoms with Crippen LogP contribution in [-0.2, 0) is 9.59 Å². The number of hydrogen-bond donors (Lipinski definition) is 1. The van der Waals surface area contributed by atoms with Crippen LogP contribution in [0.2, 0.25) is 0 Å². The zero-order valence-electron chi connectivity index (χ0n) is 12.7. The van der Waals surface area contributed by atoms with E-state index in [2.05, 4.69) is 0 Å². The lowest BCUT2D eigenvalue weighted by Crippen LogP contribution is -2.46. The average Bonchev–Trinajstić information content (AvgIpc) is 2.87. The van der Waals surface area contributed by atoms with Crippen molar-refractivity contribution >= 4 is 29.9 Å². The number of halogens is 2. The number of amides is 2. The van der Waals surface area contributed by atoms with Gasteiger partial charge in [-0.05, 0) is 18.6 Å². The Labute approximate surface area is 135 Å². The predicted octanol–water partition coefficient (Wildman–Crippen LogP) is 1.41. The Morgan fingerprint density at radius 1 is 1.50 bits per heavy atom. The van der Waals surface area contributed by atoms with Gasteiger partial charge in [0.05, 0.1) is 5.69 Å². The first-order chi connectivity index (χ1) is 9.97. The molecular weight excluding hydrogens is 309 g/mol. The molecule has 0 bridgehead atoms. The fourth-order valence-electron chi connectivity index (χ4n) is 2.54. The van der Waals surface area contributed by atoms with Crippen LogP contribution in [0.5, 0.6) is 0 Å². The van der Waals surface area contributed by atoms with E-state index in [0.29, 0.717) is 13.0 Å². The summed E-state index contributed by atoms with van der Waals surface area (Å²) in [7, 11) is 1.60. The third-order valence-electron chi connectivity index (χ3n) is 3.91. The molecule has 2 rings (SSSR count). The largest absolute Gasteiger partial charge is 0.333 e. The van der Waals surface area contributed by atoms with Gasteiger partial charge in [0.15, 0.2) is 0 Å². The van der Waals surface area contributed by atoms with Gasteiger partial charge in [-0.3, -0.25) is 9.59 Å². The number of hydrogen-bond acceptors (Lipinski definition) is 3. The van der Waals surface area contributed by atoms with E-state index < -0.39 is 11.9 Å². The van der Waals surface area contributed by atoms with E-state index in [1.54, 1.807) is 32.2 Å². The Kier molecular flexibility index (Phi) is 6.32. The molecule has 0 aliphatic carbocycles. The van der Waals surface area contributed by atoms with Gasteiger partial charge < -0.3 is 15.5 Å². The smallest absolute Gasteiger partial charge is 0.249 e. The van der Waals surface area contributed by atoms with Crippen LogP contribution in [0, 0.1) is 11.7 Å². The van der Waals surface area contributed by atoms with Crippen molar-refractivity contribution in [2.24, 2.45) is 11.7 Å². The van der Waals surface area contributed by atoms with Crippen molar-refractivity contribution in [3.05, 3.63) is 30.1 Å². The van der Waals surface area contributed by atoms with Crippen LogP contribution >= 0.6 is 12.4 Å². The second-order valence-electron chi connectivity index (χ2n) is 5.33. The van der Waals surface area contributed by atoms with Crippen molar-refractivity contribution in [3.8, 4) is 0 Å². The Balaban J connectivity index is 0.00000242. The van der Waals surface area contributed by atoms with Crippen molar-refractivity contribution in [1.29, 1.82) is 0 Å². The van der Waals surface area contributed by atoms with E-state index in [1.165, 1.54) is 15.9 Å². The molecule has 0 spiro atoms. The van der Waals surface area contributed by atoms with Crippen LogP contribution in [0.1, 0.15) is 13.3 Å². The number of rotatable bonds is 4. The molecule has 1 aromatic rings. The molecular formula is C15H21ClFN3O2. The second kappa shape index (κ2) is 7.56. The Hall–Kier alpha value is -1.66. The van der Waals surface area contributed by atoms with Crippen molar-refractivity contribution in [2.45, 2.75) is 19.4 Å². The monoisotopic (exact) mass is 329 g/mol. The minimum Gasteiger partial charge on any atom is -0.333 e. The molecule has 122 valence electrons. The van der Waals surface area contributed by atoms with Gasteiger partial charge in [-0.25, -0.2) is 4.39 Å². The molecule has 22 heavy (non-hydrogen) atoms. The fraction of sp³-hybridized carbons (Fsp3) is 0.467. The lowest BCUT2D eigenvalue weighted by molar-refractivity contribution is -0.139.